The van der Waals surface area contributed by atoms with E-state index in [2.05, 4.69) is 19.2 Å². The summed E-state index contributed by atoms with van der Waals surface area (Å²) in [5, 5.41) is 3.43. The average Bonchev–Trinajstić information content (AvgIpc) is 2.47. The van der Waals surface area contributed by atoms with Gasteiger partial charge in [-0.25, -0.2) is 4.79 Å². The molecule has 0 saturated heterocycles. The Hall–Kier alpha value is -2.36. The second kappa shape index (κ2) is 5.69. The van der Waals surface area contributed by atoms with E-state index in [1.165, 1.54) is 7.11 Å². The summed E-state index contributed by atoms with van der Waals surface area (Å²) in [6.07, 6.45) is 3.42. The fraction of sp³-hybridized carbons (Fsp3) is 0.368. The summed E-state index contributed by atoms with van der Waals surface area (Å²) >= 11 is 0. The fourth-order valence-corrected chi connectivity index (χ4v) is 3.27. The Morgan fingerprint density at radius 2 is 1.96 bits per heavy atom. The van der Waals surface area contributed by atoms with Crippen LogP contribution >= 0.6 is 0 Å². The largest absolute Gasteiger partial charge is 0.466 e. The van der Waals surface area contributed by atoms with Crippen LogP contribution in [-0.4, -0.2) is 18.9 Å². The molecule has 0 spiro atoms. The number of methoxy groups -OCH3 is 1. The van der Waals surface area contributed by atoms with Crippen LogP contribution in [-0.2, 0) is 14.3 Å². The van der Waals surface area contributed by atoms with Gasteiger partial charge in [0.2, 0.25) is 0 Å². The third-order valence-electron chi connectivity index (χ3n) is 4.39. The monoisotopic (exact) mass is 311 g/mol. The molecule has 4 nitrogen and oxygen atoms in total. The Bertz CT molecular complexity index is 741. The van der Waals surface area contributed by atoms with Crippen molar-refractivity contribution in [2.75, 3.05) is 12.4 Å². The van der Waals surface area contributed by atoms with Crippen LogP contribution in [0.15, 0.2) is 41.1 Å². The molecular weight excluding hydrogens is 290 g/mol. The number of hydrogen-bond acceptors (Lipinski definition) is 4. The number of ether oxygens (including phenoxy) is 1. The quantitative estimate of drug-likeness (QED) is 0.803. The molecule has 4 heteroatoms. The molecule has 0 bridgehead atoms. The van der Waals surface area contributed by atoms with Crippen LogP contribution in [0, 0.1) is 5.41 Å². The number of carbonyl (C=O) groups is 2. The summed E-state index contributed by atoms with van der Waals surface area (Å²) in [4.78, 5) is 24.7. The van der Waals surface area contributed by atoms with E-state index >= 15 is 0 Å². The van der Waals surface area contributed by atoms with Crippen molar-refractivity contribution in [3.8, 4) is 0 Å². The van der Waals surface area contributed by atoms with Gasteiger partial charge in [-0.05, 0) is 29.5 Å². The molecule has 2 aliphatic rings. The zero-order valence-corrected chi connectivity index (χ0v) is 13.7. The molecule has 0 amide bonds. The Morgan fingerprint density at radius 1 is 1.22 bits per heavy atom. The van der Waals surface area contributed by atoms with Gasteiger partial charge in [-0.1, -0.05) is 32.0 Å². The van der Waals surface area contributed by atoms with Crippen molar-refractivity contribution in [1.29, 1.82) is 0 Å². The van der Waals surface area contributed by atoms with Crippen LogP contribution < -0.4 is 5.32 Å². The van der Waals surface area contributed by atoms with E-state index < -0.39 is 0 Å². The van der Waals surface area contributed by atoms with Gasteiger partial charge in [0.05, 0.1) is 7.11 Å². The van der Waals surface area contributed by atoms with Crippen molar-refractivity contribution < 1.29 is 14.3 Å². The number of rotatable bonds is 1. The van der Waals surface area contributed by atoms with E-state index in [1.54, 1.807) is 0 Å². The normalized spacial score (nSPS) is 21.9. The Kier molecular flexibility index (Phi) is 3.84. The fourth-order valence-electron chi connectivity index (χ4n) is 3.27. The predicted molar refractivity (Wildman–Crippen MR) is 89.7 cm³/mol. The highest BCUT2D eigenvalue weighted by Crippen LogP contribution is 2.40. The molecule has 0 radical (unpaired) electrons. The minimum Gasteiger partial charge on any atom is -0.466 e. The van der Waals surface area contributed by atoms with E-state index in [0.29, 0.717) is 24.0 Å². The van der Waals surface area contributed by atoms with E-state index in [9.17, 15) is 9.59 Å². The van der Waals surface area contributed by atoms with Crippen molar-refractivity contribution in [1.82, 2.24) is 0 Å². The number of allylic oxidation sites excluding steroid dienone is 2. The third kappa shape index (κ3) is 3.07. The lowest BCUT2D eigenvalue weighted by Gasteiger charge is -2.34. The highest BCUT2D eigenvalue weighted by molar-refractivity contribution is 6.03. The summed E-state index contributed by atoms with van der Waals surface area (Å²) in [5.74, 6) is -0.274. The lowest BCUT2D eigenvalue weighted by molar-refractivity contribution is -0.136. The number of ketones is 1. The summed E-state index contributed by atoms with van der Waals surface area (Å²) < 4.78 is 4.90. The number of fused-ring (bicyclic) bond motifs is 1. The first-order valence-corrected chi connectivity index (χ1v) is 7.80. The average molecular weight is 311 g/mol. The lowest BCUT2D eigenvalue weighted by Crippen LogP contribution is -2.29. The summed E-state index contributed by atoms with van der Waals surface area (Å²) in [6.45, 7) is 4.19. The first kappa shape index (κ1) is 15.5. The third-order valence-corrected chi connectivity index (χ3v) is 4.39. The number of Topliss-reactive ketones (excluding diaryl/α,β-unsaturated/α-hetero) is 1. The Labute approximate surface area is 136 Å². The van der Waals surface area contributed by atoms with Gasteiger partial charge >= 0.3 is 5.97 Å². The molecule has 0 saturated carbocycles. The zero-order valence-electron chi connectivity index (χ0n) is 13.7. The van der Waals surface area contributed by atoms with Gasteiger partial charge in [-0.15, -0.1) is 0 Å². The lowest BCUT2D eigenvalue weighted by atomic mass is 9.74. The zero-order chi connectivity index (χ0) is 16.6. The van der Waals surface area contributed by atoms with Gasteiger partial charge in [0.15, 0.2) is 5.78 Å². The van der Waals surface area contributed by atoms with Crippen molar-refractivity contribution >= 4 is 23.5 Å². The molecule has 1 aliphatic carbocycles. The van der Waals surface area contributed by atoms with Crippen LogP contribution in [0.25, 0.3) is 6.08 Å². The topological polar surface area (TPSA) is 55.4 Å². The van der Waals surface area contributed by atoms with E-state index in [4.69, 9.17) is 4.74 Å². The van der Waals surface area contributed by atoms with Gasteiger partial charge in [0, 0.05) is 35.4 Å². The van der Waals surface area contributed by atoms with Crippen LogP contribution in [0.1, 0.15) is 38.7 Å². The number of benzene rings is 1. The van der Waals surface area contributed by atoms with Crippen molar-refractivity contribution in [3.63, 3.8) is 0 Å². The molecule has 0 aromatic heterocycles. The molecule has 0 atom stereocenters. The van der Waals surface area contributed by atoms with E-state index in [0.717, 1.165) is 23.4 Å². The molecular formula is C19H21NO3. The maximum atomic E-state index is 12.6. The Balaban J connectivity index is 2.14. The van der Waals surface area contributed by atoms with Crippen molar-refractivity contribution in [2.45, 2.75) is 33.1 Å². The summed E-state index contributed by atoms with van der Waals surface area (Å²) in [5.41, 5.74) is 3.90. The number of carbonyl (C=O) groups excluding carboxylic acids is 2. The molecule has 0 fully saturated rings. The molecule has 1 N–H and O–H groups in total. The first-order valence-electron chi connectivity index (χ1n) is 7.80. The molecule has 1 aliphatic heterocycles. The highest BCUT2D eigenvalue weighted by Gasteiger charge is 2.34. The van der Waals surface area contributed by atoms with Gasteiger partial charge in [0.25, 0.3) is 0 Å². The molecule has 1 aromatic rings. The number of nitrogens with one attached hydrogen (secondary N) is 1. The minimum atomic E-state index is -0.383. The van der Waals surface area contributed by atoms with Crippen LogP contribution in [0.5, 0.6) is 0 Å². The number of para-hydroxylation sites is 1. The van der Waals surface area contributed by atoms with Crippen LogP contribution in [0.3, 0.4) is 0 Å². The van der Waals surface area contributed by atoms with E-state index in [1.807, 2.05) is 30.3 Å². The standard InChI is InChI=1S/C19H21NO3/c1-19(2)10-16-14(17(21)11-19)9-13(18(22)23-3)8-12-6-4-5-7-15(12)20-16/h4-8,20H,9-11H2,1-3H3/b13-8+. The Morgan fingerprint density at radius 3 is 2.70 bits per heavy atom. The minimum absolute atomic E-state index is 0.0772. The second-order valence-electron chi connectivity index (χ2n) is 6.95. The van der Waals surface area contributed by atoms with E-state index in [-0.39, 0.29) is 17.2 Å². The maximum absolute atomic E-state index is 12.6. The smallest absolute Gasteiger partial charge is 0.334 e. The van der Waals surface area contributed by atoms with Gasteiger partial charge in [0.1, 0.15) is 0 Å². The molecule has 1 heterocycles. The number of hydrogen-bond donors (Lipinski definition) is 1. The SMILES string of the molecule is COC(=O)/C1=C/c2ccccc2NC2=C(C1)C(=O)CC(C)(C)C2. The van der Waals surface area contributed by atoms with Crippen LogP contribution in [0.4, 0.5) is 5.69 Å². The molecule has 3 rings (SSSR count). The molecule has 1 aromatic carbocycles. The van der Waals surface area contributed by atoms with Gasteiger partial charge < -0.3 is 10.1 Å². The van der Waals surface area contributed by atoms with Gasteiger partial charge in [-0.3, -0.25) is 4.79 Å². The van der Waals surface area contributed by atoms with Crippen molar-refractivity contribution in [2.24, 2.45) is 5.41 Å². The highest BCUT2D eigenvalue weighted by atomic mass is 16.5. The molecule has 23 heavy (non-hydrogen) atoms. The molecule has 120 valence electrons. The predicted octanol–water partition coefficient (Wildman–Crippen LogP) is 3.70. The van der Waals surface area contributed by atoms with Gasteiger partial charge in [-0.2, -0.15) is 0 Å². The number of anilines is 1. The summed E-state index contributed by atoms with van der Waals surface area (Å²) in [6, 6.07) is 7.78. The molecule has 0 unspecified atom stereocenters. The first-order chi connectivity index (χ1) is 10.9. The second-order valence-corrected chi connectivity index (χ2v) is 6.95. The number of esters is 1. The summed E-state index contributed by atoms with van der Waals surface area (Å²) in [7, 11) is 1.37. The van der Waals surface area contributed by atoms with Crippen molar-refractivity contribution in [3.05, 3.63) is 46.7 Å². The maximum Gasteiger partial charge on any atom is 0.334 e. The van der Waals surface area contributed by atoms with Crippen LogP contribution in [0.2, 0.25) is 0 Å².